The van der Waals surface area contributed by atoms with Crippen LogP contribution < -0.4 is 5.43 Å². The Bertz CT molecular complexity index is 1330. The van der Waals surface area contributed by atoms with Crippen LogP contribution >= 0.6 is 27.7 Å². The number of pyridine rings is 1. The number of aromatic nitrogens is 4. The monoisotopic (exact) mass is 536 g/mol. The van der Waals surface area contributed by atoms with Crippen LogP contribution in [-0.4, -0.2) is 48.7 Å². The van der Waals surface area contributed by atoms with Crippen molar-refractivity contribution in [2.24, 2.45) is 5.10 Å². The molecule has 9 nitrogen and oxygen atoms in total. The smallest absolute Gasteiger partial charge is 0.335 e. The molecule has 2 aromatic heterocycles. The quantitative estimate of drug-likeness (QED) is 0.198. The lowest BCUT2D eigenvalue weighted by atomic mass is 10.1. The van der Waals surface area contributed by atoms with Gasteiger partial charge in [0, 0.05) is 28.1 Å². The predicted molar refractivity (Wildman–Crippen MR) is 132 cm³/mol. The van der Waals surface area contributed by atoms with Gasteiger partial charge in [-0.25, -0.2) is 10.2 Å². The molecule has 0 bridgehead atoms. The number of amides is 1. The molecule has 170 valence electrons. The molecule has 2 N–H and O–H groups in total. The fourth-order valence-corrected chi connectivity index (χ4v) is 3.94. The zero-order chi connectivity index (χ0) is 23.9. The van der Waals surface area contributed by atoms with Crippen LogP contribution in [0.5, 0.6) is 0 Å². The van der Waals surface area contributed by atoms with Crippen molar-refractivity contribution in [2.75, 3.05) is 5.75 Å². The molecule has 11 heteroatoms. The summed E-state index contributed by atoms with van der Waals surface area (Å²) in [5, 5.41) is 22.0. The van der Waals surface area contributed by atoms with Crippen LogP contribution in [0.1, 0.15) is 15.9 Å². The van der Waals surface area contributed by atoms with Crippen molar-refractivity contribution in [2.45, 2.75) is 5.16 Å². The van der Waals surface area contributed by atoms with E-state index in [-0.39, 0.29) is 17.2 Å². The molecule has 0 atom stereocenters. The topological polar surface area (TPSA) is 122 Å². The summed E-state index contributed by atoms with van der Waals surface area (Å²) in [6, 6.07) is 17.5. The highest BCUT2D eigenvalue weighted by molar-refractivity contribution is 9.10. The Kier molecular flexibility index (Phi) is 7.45. The van der Waals surface area contributed by atoms with E-state index >= 15 is 0 Å². The Labute approximate surface area is 207 Å². The maximum atomic E-state index is 12.3. The van der Waals surface area contributed by atoms with Crippen molar-refractivity contribution >= 4 is 45.8 Å². The zero-order valence-electron chi connectivity index (χ0n) is 17.5. The van der Waals surface area contributed by atoms with Gasteiger partial charge < -0.3 is 5.11 Å². The zero-order valence-corrected chi connectivity index (χ0v) is 19.9. The van der Waals surface area contributed by atoms with E-state index < -0.39 is 5.97 Å². The van der Waals surface area contributed by atoms with E-state index in [0.717, 1.165) is 15.7 Å². The molecular weight excluding hydrogens is 520 g/mol. The van der Waals surface area contributed by atoms with Crippen LogP contribution in [0.15, 0.2) is 87.8 Å². The van der Waals surface area contributed by atoms with Gasteiger partial charge in [-0.05, 0) is 54.1 Å². The number of benzene rings is 2. The standard InChI is InChI=1S/C23H17BrN6O3S/c24-18-5-7-19(8-6-18)30-21(16-9-11-25-12-10-16)28-29-23(30)34-14-20(31)27-26-13-15-1-3-17(4-2-15)22(32)33/h1-13H,14H2,(H,27,31)(H,32,33). The van der Waals surface area contributed by atoms with Gasteiger partial charge in [0.1, 0.15) is 0 Å². The largest absolute Gasteiger partial charge is 0.478 e. The minimum absolute atomic E-state index is 0.0697. The summed E-state index contributed by atoms with van der Waals surface area (Å²) in [5.74, 6) is -0.619. The van der Waals surface area contributed by atoms with Crippen molar-refractivity contribution in [3.63, 3.8) is 0 Å². The van der Waals surface area contributed by atoms with E-state index in [0.29, 0.717) is 16.5 Å². The van der Waals surface area contributed by atoms with E-state index in [1.165, 1.54) is 30.1 Å². The normalized spacial score (nSPS) is 11.0. The second-order valence-corrected chi connectivity index (χ2v) is 8.72. The molecule has 0 aliphatic rings. The Hall–Kier alpha value is -3.83. The molecule has 0 fully saturated rings. The van der Waals surface area contributed by atoms with Gasteiger partial charge in [-0.2, -0.15) is 5.10 Å². The highest BCUT2D eigenvalue weighted by atomic mass is 79.9. The first-order valence-electron chi connectivity index (χ1n) is 9.91. The van der Waals surface area contributed by atoms with Gasteiger partial charge in [0.15, 0.2) is 11.0 Å². The number of carboxylic acids is 1. The first-order chi connectivity index (χ1) is 16.5. The second kappa shape index (κ2) is 10.9. The van der Waals surface area contributed by atoms with Crippen LogP contribution in [0, 0.1) is 0 Å². The number of thioether (sulfide) groups is 1. The molecule has 0 saturated heterocycles. The molecule has 0 spiro atoms. The van der Waals surface area contributed by atoms with Crippen molar-refractivity contribution in [1.82, 2.24) is 25.2 Å². The number of nitrogens with one attached hydrogen (secondary N) is 1. The highest BCUT2D eigenvalue weighted by Crippen LogP contribution is 2.28. The molecule has 0 saturated carbocycles. The third-order valence-electron chi connectivity index (χ3n) is 4.55. The Morgan fingerprint density at radius 3 is 2.41 bits per heavy atom. The van der Waals surface area contributed by atoms with E-state index in [1.807, 2.05) is 41.0 Å². The summed E-state index contributed by atoms with van der Waals surface area (Å²) in [4.78, 5) is 27.3. The number of carbonyl (C=O) groups is 2. The molecular formula is C23H17BrN6O3S. The average molecular weight is 537 g/mol. The molecule has 4 aromatic rings. The number of hydrazone groups is 1. The SMILES string of the molecule is O=C(CSc1nnc(-c2ccncc2)n1-c1ccc(Br)cc1)NN=Cc1ccc(C(=O)O)cc1. The molecule has 2 aromatic carbocycles. The number of hydrogen-bond donors (Lipinski definition) is 2. The molecule has 0 unspecified atom stereocenters. The van der Waals surface area contributed by atoms with Crippen molar-refractivity contribution in [3.05, 3.63) is 88.7 Å². The molecule has 34 heavy (non-hydrogen) atoms. The minimum atomic E-state index is -1.00. The van der Waals surface area contributed by atoms with Crippen molar-refractivity contribution < 1.29 is 14.7 Å². The molecule has 4 rings (SSSR count). The van der Waals surface area contributed by atoms with E-state index in [9.17, 15) is 9.59 Å². The third-order valence-corrected chi connectivity index (χ3v) is 6.01. The molecule has 2 heterocycles. The lowest BCUT2D eigenvalue weighted by molar-refractivity contribution is -0.118. The maximum Gasteiger partial charge on any atom is 0.335 e. The Morgan fingerprint density at radius 2 is 1.74 bits per heavy atom. The van der Waals surface area contributed by atoms with Gasteiger partial charge >= 0.3 is 5.97 Å². The first kappa shape index (κ1) is 23.3. The van der Waals surface area contributed by atoms with Gasteiger partial charge in [0.25, 0.3) is 5.91 Å². The number of hydrogen-bond acceptors (Lipinski definition) is 7. The lowest BCUT2D eigenvalue weighted by Gasteiger charge is -2.10. The van der Waals surface area contributed by atoms with Gasteiger partial charge in [0.05, 0.1) is 17.5 Å². The summed E-state index contributed by atoms with van der Waals surface area (Å²) in [6.07, 6.45) is 4.81. The number of carbonyl (C=O) groups excluding carboxylic acids is 1. The van der Waals surface area contributed by atoms with Gasteiger partial charge in [-0.3, -0.25) is 14.3 Å². The summed E-state index contributed by atoms with van der Waals surface area (Å²) in [6.45, 7) is 0. The lowest BCUT2D eigenvalue weighted by Crippen LogP contribution is -2.20. The Balaban J connectivity index is 1.46. The molecule has 0 radical (unpaired) electrons. The van der Waals surface area contributed by atoms with Crippen LogP contribution in [0.2, 0.25) is 0 Å². The summed E-state index contributed by atoms with van der Waals surface area (Å²) in [7, 11) is 0. The highest BCUT2D eigenvalue weighted by Gasteiger charge is 2.17. The first-order valence-corrected chi connectivity index (χ1v) is 11.7. The van der Waals surface area contributed by atoms with Gasteiger partial charge in [-0.15, -0.1) is 10.2 Å². The van der Waals surface area contributed by atoms with Gasteiger partial charge in [0.2, 0.25) is 0 Å². The average Bonchev–Trinajstić information content (AvgIpc) is 3.28. The number of halogens is 1. The maximum absolute atomic E-state index is 12.3. The van der Waals surface area contributed by atoms with Crippen LogP contribution in [0.4, 0.5) is 0 Å². The van der Waals surface area contributed by atoms with Crippen molar-refractivity contribution in [1.29, 1.82) is 0 Å². The molecule has 1 amide bonds. The van der Waals surface area contributed by atoms with Crippen LogP contribution in [0.25, 0.3) is 17.1 Å². The summed E-state index contributed by atoms with van der Waals surface area (Å²) >= 11 is 4.68. The summed E-state index contributed by atoms with van der Waals surface area (Å²) < 4.78 is 2.83. The van der Waals surface area contributed by atoms with Crippen LogP contribution in [0.3, 0.4) is 0 Å². The van der Waals surface area contributed by atoms with E-state index in [4.69, 9.17) is 5.11 Å². The van der Waals surface area contributed by atoms with E-state index in [1.54, 1.807) is 24.5 Å². The summed E-state index contributed by atoms with van der Waals surface area (Å²) in [5.41, 5.74) is 5.01. The number of aromatic carboxylic acids is 1. The predicted octanol–water partition coefficient (Wildman–Crippen LogP) is 4.03. The third kappa shape index (κ3) is 5.74. The van der Waals surface area contributed by atoms with Gasteiger partial charge in [-0.1, -0.05) is 39.8 Å². The number of rotatable bonds is 8. The van der Waals surface area contributed by atoms with Crippen molar-refractivity contribution in [3.8, 4) is 17.1 Å². The fourth-order valence-electron chi connectivity index (χ4n) is 2.93. The molecule has 0 aliphatic heterocycles. The molecule has 0 aliphatic carbocycles. The number of carboxylic acid groups (broad SMARTS) is 1. The minimum Gasteiger partial charge on any atom is -0.478 e. The Morgan fingerprint density at radius 1 is 1.03 bits per heavy atom. The van der Waals surface area contributed by atoms with Crippen LogP contribution in [-0.2, 0) is 4.79 Å². The fraction of sp³-hybridized carbons (Fsp3) is 0.0435. The van der Waals surface area contributed by atoms with E-state index in [2.05, 4.69) is 41.6 Å². The number of nitrogens with zero attached hydrogens (tertiary/aromatic N) is 5. The second-order valence-electron chi connectivity index (χ2n) is 6.86.